The standard InChI is InChI=1S/C11H10N2S.ClH/c1-3-9(7-12-5-1)11-13-6-2-4-10(13)8-14-11;/h1-7,11H,8H2;1H. The van der Waals surface area contributed by atoms with Crippen molar-refractivity contribution in [2.24, 2.45) is 0 Å². The summed E-state index contributed by atoms with van der Waals surface area (Å²) in [6, 6.07) is 8.43. The Kier molecular flexibility index (Phi) is 3.03. The van der Waals surface area contributed by atoms with Crippen molar-refractivity contribution < 1.29 is 0 Å². The van der Waals surface area contributed by atoms with Crippen LogP contribution in [0.15, 0.2) is 42.9 Å². The van der Waals surface area contributed by atoms with E-state index in [1.54, 1.807) is 0 Å². The molecule has 0 aliphatic carbocycles. The third kappa shape index (κ3) is 1.77. The largest absolute Gasteiger partial charge is 0.334 e. The SMILES string of the molecule is Cl.c1cncc(C2SCc3cccn32)c1. The summed E-state index contributed by atoms with van der Waals surface area (Å²) >= 11 is 1.95. The van der Waals surface area contributed by atoms with Crippen LogP contribution in [-0.2, 0) is 5.75 Å². The van der Waals surface area contributed by atoms with Crippen molar-refractivity contribution in [1.29, 1.82) is 0 Å². The summed E-state index contributed by atoms with van der Waals surface area (Å²) in [6.45, 7) is 0. The van der Waals surface area contributed by atoms with Crippen LogP contribution in [0.5, 0.6) is 0 Å². The summed E-state index contributed by atoms with van der Waals surface area (Å²) in [5, 5.41) is 0.425. The molecule has 1 aliphatic heterocycles. The molecule has 2 aromatic rings. The van der Waals surface area contributed by atoms with Gasteiger partial charge in [0.15, 0.2) is 0 Å². The van der Waals surface area contributed by atoms with Crippen LogP contribution in [0.3, 0.4) is 0 Å². The number of halogens is 1. The molecule has 0 saturated heterocycles. The zero-order valence-corrected chi connectivity index (χ0v) is 9.67. The van der Waals surface area contributed by atoms with Gasteiger partial charge in [0.25, 0.3) is 0 Å². The van der Waals surface area contributed by atoms with E-state index in [4.69, 9.17) is 0 Å². The van der Waals surface area contributed by atoms with Gasteiger partial charge in [-0.05, 0) is 18.2 Å². The van der Waals surface area contributed by atoms with E-state index in [-0.39, 0.29) is 12.4 Å². The molecule has 2 nitrogen and oxygen atoms in total. The van der Waals surface area contributed by atoms with Gasteiger partial charge in [-0.3, -0.25) is 4.98 Å². The number of hydrogen-bond donors (Lipinski definition) is 0. The molecule has 0 fully saturated rings. The van der Waals surface area contributed by atoms with E-state index >= 15 is 0 Å². The molecule has 0 bridgehead atoms. The van der Waals surface area contributed by atoms with E-state index < -0.39 is 0 Å². The predicted molar refractivity (Wildman–Crippen MR) is 65.4 cm³/mol. The molecule has 1 atom stereocenters. The highest BCUT2D eigenvalue weighted by atomic mass is 35.5. The molecule has 4 heteroatoms. The first kappa shape index (κ1) is 10.6. The van der Waals surface area contributed by atoms with Gasteiger partial charge in [0.05, 0.1) is 0 Å². The molecular weight excluding hydrogens is 228 g/mol. The van der Waals surface area contributed by atoms with Crippen molar-refractivity contribution in [3.05, 3.63) is 54.1 Å². The lowest BCUT2D eigenvalue weighted by atomic mass is 10.3. The Morgan fingerprint density at radius 3 is 3.07 bits per heavy atom. The Hall–Kier alpha value is -0.930. The summed E-state index contributed by atoms with van der Waals surface area (Å²) in [5.41, 5.74) is 2.69. The van der Waals surface area contributed by atoms with Gasteiger partial charge in [-0.25, -0.2) is 0 Å². The minimum atomic E-state index is 0. The van der Waals surface area contributed by atoms with Crippen molar-refractivity contribution in [2.75, 3.05) is 0 Å². The minimum Gasteiger partial charge on any atom is -0.334 e. The number of aromatic nitrogens is 2. The van der Waals surface area contributed by atoms with Gasteiger partial charge < -0.3 is 4.57 Å². The van der Waals surface area contributed by atoms with E-state index in [2.05, 4.69) is 33.9 Å². The van der Waals surface area contributed by atoms with Crippen LogP contribution in [-0.4, -0.2) is 9.55 Å². The lowest BCUT2D eigenvalue weighted by Gasteiger charge is -2.11. The number of fused-ring (bicyclic) bond motifs is 1. The summed E-state index contributed by atoms with van der Waals surface area (Å²) in [5.74, 6) is 1.10. The molecule has 78 valence electrons. The lowest BCUT2D eigenvalue weighted by Crippen LogP contribution is -2.01. The van der Waals surface area contributed by atoms with E-state index in [9.17, 15) is 0 Å². The summed E-state index contributed by atoms with van der Waals surface area (Å²) in [4.78, 5) is 4.16. The molecule has 0 N–H and O–H groups in total. The fourth-order valence-corrected chi connectivity index (χ4v) is 3.08. The number of nitrogens with zero attached hydrogens (tertiary/aromatic N) is 2. The van der Waals surface area contributed by atoms with Gasteiger partial charge in [0, 0.05) is 35.6 Å². The Bertz CT molecular complexity index is 441. The second-order valence-electron chi connectivity index (χ2n) is 3.36. The van der Waals surface area contributed by atoms with Gasteiger partial charge in [0.1, 0.15) is 5.37 Å². The molecule has 0 spiro atoms. The molecule has 1 aliphatic rings. The molecule has 1 unspecified atom stereocenters. The normalized spacial score (nSPS) is 18.3. The molecule has 0 saturated carbocycles. The minimum absolute atomic E-state index is 0. The van der Waals surface area contributed by atoms with Gasteiger partial charge in [-0.2, -0.15) is 0 Å². The Labute approximate surface area is 99.1 Å². The van der Waals surface area contributed by atoms with Crippen LogP contribution < -0.4 is 0 Å². The van der Waals surface area contributed by atoms with Crippen molar-refractivity contribution in [2.45, 2.75) is 11.1 Å². The molecule has 0 aromatic carbocycles. The Morgan fingerprint density at radius 2 is 2.27 bits per heavy atom. The summed E-state index contributed by atoms with van der Waals surface area (Å²) in [7, 11) is 0. The van der Waals surface area contributed by atoms with Gasteiger partial charge >= 0.3 is 0 Å². The van der Waals surface area contributed by atoms with Crippen LogP contribution in [0.2, 0.25) is 0 Å². The third-order valence-corrected chi connectivity index (χ3v) is 3.76. The van der Waals surface area contributed by atoms with Crippen molar-refractivity contribution in [3.63, 3.8) is 0 Å². The van der Waals surface area contributed by atoms with Gasteiger partial charge in [-0.15, -0.1) is 24.2 Å². The predicted octanol–water partition coefficient (Wildman–Crippen LogP) is 3.10. The number of pyridine rings is 1. The fourth-order valence-electron chi connectivity index (χ4n) is 1.80. The van der Waals surface area contributed by atoms with Crippen molar-refractivity contribution >= 4 is 24.2 Å². The van der Waals surface area contributed by atoms with Crippen LogP contribution in [0.1, 0.15) is 16.6 Å². The molecule has 3 heterocycles. The number of thioether (sulfide) groups is 1. The first-order valence-corrected chi connectivity index (χ1v) is 5.67. The second kappa shape index (κ2) is 4.29. The topological polar surface area (TPSA) is 17.8 Å². The van der Waals surface area contributed by atoms with E-state index in [0.29, 0.717) is 5.37 Å². The quantitative estimate of drug-likeness (QED) is 0.760. The molecular formula is C11H11ClN2S. The number of rotatable bonds is 1. The maximum absolute atomic E-state index is 4.16. The summed E-state index contributed by atoms with van der Waals surface area (Å²) in [6.07, 6.45) is 5.92. The fraction of sp³-hybridized carbons (Fsp3) is 0.182. The average molecular weight is 239 g/mol. The van der Waals surface area contributed by atoms with Gasteiger partial charge in [-0.1, -0.05) is 6.07 Å². The highest BCUT2D eigenvalue weighted by Crippen LogP contribution is 2.39. The van der Waals surface area contributed by atoms with Crippen LogP contribution in [0.25, 0.3) is 0 Å². The molecule has 15 heavy (non-hydrogen) atoms. The maximum atomic E-state index is 4.16. The van der Waals surface area contributed by atoms with Crippen molar-refractivity contribution in [3.8, 4) is 0 Å². The van der Waals surface area contributed by atoms with E-state index in [1.807, 2.05) is 30.2 Å². The molecule has 0 amide bonds. The van der Waals surface area contributed by atoms with E-state index in [1.165, 1.54) is 11.3 Å². The highest BCUT2D eigenvalue weighted by Gasteiger charge is 2.22. The molecule has 0 radical (unpaired) electrons. The number of hydrogen-bond acceptors (Lipinski definition) is 2. The first-order chi connectivity index (χ1) is 6.95. The monoisotopic (exact) mass is 238 g/mol. The Morgan fingerprint density at radius 1 is 1.33 bits per heavy atom. The third-order valence-electron chi connectivity index (χ3n) is 2.48. The first-order valence-electron chi connectivity index (χ1n) is 4.62. The van der Waals surface area contributed by atoms with Crippen molar-refractivity contribution in [1.82, 2.24) is 9.55 Å². The van der Waals surface area contributed by atoms with Crippen LogP contribution >= 0.6 is 24.2 Å². The second-order valence-corrected chi connectivity index (χ2v) is 4.43. The molecule has 2 aromatic heterocycles. The zero-order chi connectivity index (χ0) is 9.38. The van der Waals surface area contributed by atoms with Crippen LogP contribution in [0.4, 0.5) is 0 Å². The average Bonchev–Trinajstić information content (AvgIpc) is 2.79. The molecule has 3 rings (SSSR count). The summed E-state index contributed by atoms with van der Waals surface area (Å²) < 4.78 is 2.32. The zero-order valence-electron chi connectivity index (χ0n) is 8.04. The maximum Gasteiger partial charge on any atom is 0.106 e. The van der Waals surface area contributed by atoms with Crippen LogP contribution in [0, 0.1) is 0 Å². The highest BCUT2D eigenvalue weighted by molar-refractivity contribution is 7.99. The Balaban J connectivity index is 0.000000853. The van der Waals surface area contributed by atoms with Gasteiger partial charge in [0.2, 0.25) is 0 Å². The smallest absolute Gasteiger partial charge is 0.106 e. The van der Waals surface area contributed by atoms with E-state index in [0.717, 1.165) is 5.75 Å². The lowest BCUT2D eigenvalue weighted by molar-refractivity contribution is 0.777.